The minimum absolute atomic E-state index is 0.163. The molecule has 0 amide bonds. The summed E-state index contributed by atoms with van der Waals surface area (Å²) < 4.78 is 26.8. The standard InChI is InChI=1S/C9H16F2N2.C2H6/c1-6-4-2-3-5-7(12)8(13)9(6,10)11;1-2/h6H,2-5,12-13H2,1H3;1-2H3/b8-7-;. The molecule has 0 spiro atoms. The van der Waals surface area contributed by atoms with Crippen LogP contribution in [0.5, 0.6) is 0 Å². The molecule has 0 saturated carbocycles. The highest BCUT2D eigenvalue weighted by Gasteiger charge is 2.40. The number of nitrogens with two attached hydrogens (primary N) is 2. The summed E-state index contributed by atoms with van der Waals surface area (Å²) in [4.78, 5) is 0. The lowest BCUT2D eigenvalue weighted by Crippen LogP contribution is -2.36. The van der Waals surface area contributed by atoms with Gasteiger partial charge in [0.25, 0.3) is 5.92 Å². The van der Waals surface area contributed by atoms with Gasteiger partial charge in [0.2, 0.25) is 0 Å². The van der Waals surface area contributed by atoms with Crippen molar-refractivity contribution in [1.82, 2.24) is 0 Å². The van der Waals surface area contributed by atoms with Gasteiger partial charge < -0.3 is 11.5 Å². The van der Waals surface area contributed by atoms with Gasteiger partial charge in [0.1, 0.15) is 0 Å². The van der Waals surface area contributed by atoms with Crippen molar-refractivity contribution in [3.05, 3.63) is 11.4 Å². The van der Waals surface area contributed by atoms with E-state index in [4.69, 9.17) is 11.5 Å². The SMILES string of the molecule is CC.CC1CCCC/C(N)=C(/N)C1(F)F. The fourth-order valence-electron chi connectivity index (χ4n) is 1.56. The first-order valence-electron chi connectivity index (χ1n) is 5.58. The number of halogens is 2. The van der Waals surface area contributed by atoms with E-state index < -0.39 is 17.5 Å². The molecule has 90 valence electrons. The lowest BCUT2D eigenvalue weighted by atomic mass is 9.90. The molecule has 0 aliphatic heterocycles. The summed E-state index contributed by atoms with van der Waals surface area (Å²) in [7, 11) is 0. The van der Waals surface area contributed by atoms with Crippen molar-refractivity contribution in [2.24, 2.45) is 17.4 Å². The molecule has 0 bridgehead atoms. The van der Waals surface area contributed by atoms with Crippen molar-refractivity contribution in [3.8, 4) is 0 Å². The zero-order valence-electron chi connectivity index (χ0n) is 9.82. The Balaban J connectivity index is 0.000000921. The summed E-state index contributed by atoms with van der Waals surface area (Å²) in [6.07, 6.45) is 2.66. The van der Waals surface area contributed by atoms with Gasteiger partial charge in [-0.05, 0) is 19.3 Å². The Bertz CT molecular complexity index is 225. The molecule has 0 heterocycles. The number of hydrogen-bond acceptors (Lipinski definition) is 2. The lowest BCUT2D eigenvalue weighted by Gasteiger charge is -2.27. The maximum absolute atomic E-state index is 13.4. The van der Waals surface area contributed by atoms with Crippen LogP contribution < -0.4 is 11.5 Å². The van der Waals surface area contributed by atoms with Gasteiger partial charge in [0.15, 0.2) is 0 Å². The fraction of sp³-hybridized carbons (Fsp3) is 0.818. The van der Waals surface area contributed by atoms with E-state index in [1.807, 2.05) is 13.8 Å². The molecule has 15 heavy (non-hydrogen) atoms. The first-order chi connectivity index (χ1) is 6.96. The highest BCUT2D eigenvalue weighted by Crippen LogP contribution is 2.36. The molecular weight excluding hydrogens is 198 g/mol. The molecule has 1 rings (SSSR count). The normalized spacial score (nSPS) is 30.9. The zero-order valence-corrected chi connectivity index (χ0v) is 9.82. The summed E-state index contributed by atoms with van der Waals surface area (Å²) >= 11 is 0. The van der Waals surface area contributed by atoms with Crippen LogP contribution in [0.15, 0.2) is 11.4 Å². The number of hydrogen-bond donors (Lipinski definition) is 2. The molecule has 4 heteroatoms. The van der Waals surface area contributed by atoms with E-state index in [9.17, 15) is 8.78 Å². The highest BCUT2D eigenvalue weighted by molar-refractivity contribution is 5.17. The third-order valence-corrected chi connectivity index (χ3v) is 2.66. The Labute approximate surface area is 90.7 Å². The predicted molar refractivity (Wildman–Crippen MR) is 59.3 cm³/mol. The second kappa shape index (κ2) is 5.93. The molecule has 0 radical (unpaired) electrons. The summed E-state index contributed by atoms with van der Waals surface area (Å²) in [5, 5.41) is 0. The minimum Gasteiger partial charge on any atom is -0.400 e. The number of allylic oxidation sites excluding steroid dienone is 2. The zero-order chi connectivity index (χ0) is 12.1. The molecule has 1 aliphatic rings. The summed E-state index contributed by atoms with van der Waals surface area (Å²) in [5.41, 5.74) is 10.5. The maximum atomic E-state index is 13.4. The minimum atomic E-state index is -2.93. The van der Waals surface area contributed by atoms with Crippen LogP contribution in [-0.2, 0) is 0 Å². The Morgan fingerprint density at radius 1 is 1.20 bits per heavy atom. The molecule has 0 aromatic heterocycles. The molecule has 4 N–H and O–H groups in total. The van der Waals surface area contributed by atoms with Gasteiger partial charge in [-0.15, -0.1) is 0 Å². The van der Waals surface area contributed by atoms with Crippen molar-refractivity contribution in [2.75, 3.05) is 0 Å². The molecular formula is C11H22F2N2. The monoisotopic (exact) mass is 220 g/mol. The van der Waals surface area contributed by atoms with Gasteiger partial charge in [0, 0.05) is 11.6 Å². The predicted octanol–water partition coefficient (Wildman–Crippen LogP) is 2.99. The van der Waals surface area contributed by atoms with Crippen molar-refractivity contribution in [1.29, 1.82) is 0 Å². The van der Waals surface area contributed by atoms with Crippen LogP contribution in [0, 0.1) is 5.92 Å². The average Bonchev–Trinajstić information content (AvgIpc) is 2.24. The third kappa shape index (κ3) is 3.36. The van der Waals surface area contributed by atoms with Gasteiger partial charge in [-0.25, -0.2) is 0 Å². The molecule has 1 aliphatic carbocycles. The van der Waals surface area contributed by atoms with Crippen LogP contribution in [0.2, 0.25) is 0 Å². The third-order valence-electron chi connectivity index (χ3n) is 2.66. The van der Waals surface area contributed by atoms with E-state index in [0.717, 1.165) is 12.8 Å². The molecule has 0 aromatic rings. The summed E-state index contributed by atoms with van der Waals surface area (Å²) in [6.45, 7) is 5.52. The van der Waals surface area contributed by atoms with Crippen LogP contribution in [0.25, 0.3) is 0 Å². The Kier molecular flexibility index (Phi) is 5.61. The van der Waals surface area contributed by atoms with Gasteiger partial charge in [-0.1, -0.05) is 27.2 Å². The van der Waals surface area contributed by atoms with Gasteiger partial charge in [-0.3, -0.25) is 0 Å². The van der Waals surface area contributed by atoms with Crippen LogP contribution in [0.3, 0.4) is 0 Å². The fourth-order valence-corrected chi connectivity index (χ4v) is 1.56. The Morgan fingerprint density at radius 3 is 2.27 bits per heavy atom. The summed E-state index contributed by atoms with van der Waals surface area (Å²) in [5.74, 6) is -3.63. The molecule has 0 aromatic carbocycles. The van der Waals surface area contributed by atoms with Crippen molar-refractivity contribution in [3.63, 3.8) is 0 Å². The molecule has 0 fully saturated rings. The largest absolute Gasteiger partial charge is 0.400 e. The van der Waals surface area contributed by atoms with E-state index >= 15 is 0 Å². The quantitative estimate of drug-likeness (QED) is 0.659. The van der Waals surface area contributed by atoms with E-state index in [0.29, 0.717) is 12.8 Å². The van der Waals surface area contributed by atoms with E-state index in [-0.39, 0.29) is 5.70 Å². The van der Waals surface area contributed by atoms with Crippen molar-refractivity contribution < 1.29 is 8.78 Å². The van der Waals surface area contributed by atoms with Gasteiger partial charge in [-0.2, -0.15) is 8.78 Å². The highest BCUT2D eigenvalue weighted by atomic mass is 19.3. The van der Waals surface area contributed by atoms with E-state index in [1.54, 1.807) is 0 Å². The summed E-state index contributed by atoms with van der Waals surface area (Å²) in [6, 6.07) is 0. The van der Waals surface area contributed by atoms with Crippen molar-refractivity contribution >= 4 is 0 Å². The Hall–Kier alpha value is -0.800. The number of alkyl halides is 2. The lowest BCUT2D eigenvalue weighted by molar-refractivity contribution is -0.0219. The molecule has 1 unspecified atom stereocenters. The number of rotatable bonds is 0. The molecule has 1 atom stereocenters. The first-order valence-corrected chi connectivity index (χ1v) is 5.58. The first kappa shape index (κ1) is 14.2. The average molecular weight is 220 g/mol. The molecule has 2 nitrogen and oxygen atoms in total. The van der Waals surface area contributed by atoms with Crippen LogP contribution in [0.4, 0.5) is 8.78 Å². The smallest absolute Gasteiger partial charge is 0.291 e. The maximum Gasteiger partial charge on any atom is 0.291 e. The molecule has 0 saturated heterocycles. The van der Waals surface area contributed by atoms with E-state index in [2.05, 4.69) is 0 Å². The van der Waals surface area contributed by atoms with Crippen LogP contribution in [-0.4, -0.2) is 5.92 Å². The Morgan fingerprint density at radius 2 is 1.73 bits per heavy atom. The topological polar surface area (TPSA) is 52.0 Å². The van der Waals surface area contributed by atoms with Crippen molar-refractivity contribution in [2.45, 2.75) is 52.4 Å². The van der Waals surface area contributed by atoms with Gasteiger partial charge in [0.05, 0.1) is 5.70 Å². The van der Waals surface area contributed by atoms with Crippen LogP contribution >= 0.6 is 0 Å². The van der Waals surface area contributed by atoms with E-state index in [1.165, 1.54) is 6.92 Å². The van der Waals surface area contributed by atoms with Crippen LogP contribution in [0.1, 0.15) is 46.5 Å². The second-order valence-electron chi connectivity index (χ2n) is 3.71. The van der Waals surface area contributed by atoms with Gasteiger partial charge >= 0.3 is 0 Å². The second-order valence-corrected chi connectivity index (χ2v) is 3.71.